The first-order valence-corrected chi connectivity index (χ1v) is 8.97. The lowest BCUT2D eigenvalue weighted by Gasteiger charge is -2.14. The molecule has 1 atom stereocenters. The minimum absolute atomic E-state index is 0. The summed E-state index contributed by atoms with van der Waals surface area (Å²) in [6, 6.07) is 5.43. The molecule has 0 bridgehead atoms. The number of carbonyl (C=O) groups excluding carboxylic acids is 2. The average Bonchev–Trinajstić information content (AvgIpc) is 3.16. The fourth-order valence-corrected chi connectivity index (χ4v) is 2.79. The lowest BCUT2D eigenvalue weighted by molar-refractivity contribution is -0.130. The lowest BCUT2D eigenvalue weighted by atomic mass is 10.0. The number of nitrogens with zero attached hydrogens (tertiary/aromatic N) is 1. The predicted octanol–water partition coefficient (Wildman–Crippen LogP) is 1.59. The molecule has 2 N–H and O–H groups in total. The standard InChI is InChI=1S/C19H29N3O4.ClH/c1-22(2)19(24)13-26-16-6-4-15(10-17(16)25-3)12-21-18(23)7-5-14-8-9-20-11-14;/h4,6,10,14,20H,5,7-9,11-13H2,1-3H3,(H,21,23);1H. The Labute approximate surface area is 167 Å². The molecule has 7 nitrogen and oxygen atoms in total. The van der Waals surface area contributed by atoms with Crippen molar-refractivity contribution in [3.05, 3.63) is 23.8 Å². The Bertz CT molecular complexity index is 619. The van der Waals surface area contributed by atoms with Crippen LogP contribution in [0.3, 0.4) is 0 Å². The van der Waals surface area contributed by atoms with Crippen LogP contribution in [-0.4, -0.2) is 57.6 Å². The normalized spacial score (nSPS) is 15.6. The monoisotopic (exact) mass is 399 g/mol. The highest BCUT2D eigenvalue weighted by Crippen LogP contribution is 2.28. The van der Waals surface area contributed by atoms with Crippen molar-refractivity contribution in [3.63, 3.8) is 0 Å². The third kappa shape index (κ3) is 7.64. The fraction of sp³-hybridized carbons (Fsp3) is 0.579. The van der Waals surface area contributed by atoms with Gasteiger partial charge in [0.05, 0.1) is 7.11 Å². The van der Waals surface area contributed by atoms with Gasteiger partial charge in [0.2, 0.25) is 5.91 Å². The maximum absolute atomic E-state index is 12.0. The molecule has 2 amide bonds. The number of amides is 2. The van der Waals surface area contributed by atoms with Crippen LogP contribution in [-0.2, 0) is 16.1 Å². The Balaban J connectivity index is 0.00000364. The summed E-state index contributed by atoms with van der Waals surface area (Å²) in [7, 11) is 4.91. The van der Waals surface area contributed by atoms with Crippen LogP contribution in [0.2, 0.25) is 0 Å². The van der Waals surface area contributed by atoms with E-state index in [0.717, 1.165) is 31.5 Å². The van der Waals surface area contributed by atoms with Crippen molar-refractivity contribution in [2.75, 3.05) is 40.9 Å². The van der Waals surface area contributed by atoms with E-state index in [9.17, 15) is 9.59 Å². The molecule has 1 fully saturated rings. The zero-order valence-electron chi connectivity index (χ0n) is 16.2. The third-order valence-corrected chi connectivity index (χ3v) is 4.51. The minimum Gasteiger partial charge on any atom is -0.493 e. The van der Waals surface area contributed by atoms with Gasteiger partial charge >= 0.3 is 0 Å². The maximum atomic E-state index is 12.0. The minimum atomic E-state index is -0.124. The van der Waals surface area contributed by atoms with Gasteiger partial charge in [-0.1, -0.05) is 6.07 Å². The summed E-state index contributed by atoms with van der Waals surface area (Å²) in [5, 5.41) is 6.26. The van der Waals surface area contributed by atoms with Crippen molar-refractivity contribution in [2.24, 2.45) is 5.92 Å². The van der Waals surface area contributed by atoms with Gasteiger partial charge in [-0.05, 0) is 49.5 Å². The molecule has 0 radical (unpaired) electrons. The van der Waals surface area contributed by atoms with Crippen molar-refractivity contribution in [3.8, 4) is 11.5 Å². The number of hydrogen-bond acceptors (Lipinski definition) is 5. The van der Waals surface area contributed by atoms with E-state index in [2.05, 4.69) is 10.6 Å². The molecule has 1 saturated heterocycles. The first-order valence-electron chi connectivity index (χ1n) is 8.97. The van der Waals surface area contributed by atoms with Gasteiger partial charge in [-0.2, -0.15) is 0 Å². The van der Waals surface area contributed by atoms with Gasteiger partial charge in [-0.15, -0.1) is 12.4 Å². The van der Waals surface area contributed by atoms with Gasteiger partial charge in [0.1, 0.15) is 0 Å². The molecule has 1 aromatic rings. The topological polar surface area (TPSA) is 79.9 Å². The largest absolute Gasteiger partial charge is 0.493 e. The molecular formula is C19H30ClN3O4. The smallest absolute Gasteiger partial charge is 0.259 e. The van der Waals surface area contributed by atoms with Crippen LogP contribution in [0.5, 0.6) is 11.5 Å². The predicted molar refractivity (Wildman–Crippen MR) is 106 cm³/mol. The molecule has 27 heavy (non-hydrogen) atoms. The zero-order chi connectivity index (χ0) is 18.9. The van der Waals surface area contributed by atoms with Gasteiger partial charge in [-0.3, -0.25) is 9.59 Å². The molecule has 1 heterocycles. The van der Waals surface area contributed by atoms with Crippen molar-refractivity contribution < 1.29 is 19.1 Å². The number of carbonyl (C=O) groups is 2. The first kappa shape index (κ1) is 23.0. The Morgan fingerprint density at radius 2 is 2.07 bits per heavy atom. The number of halogens is 1. The Kier molecular flexibility index (Phi) is 9.96. The third-order valence-electron chi connectivity index (χ3n) is 4.51. The van der Waals surface area contributed by atoms with Gasteiger partial charge in [0, 0.05) is 27.1 Å². The number of hydrogen-bond donors (Lipinski definition) is 2. The van der Waals surface area contributed by atoms with Gasteiger partial charge in [-0.25, -0.2) is 0 Å². The van der Waals surface area contributed by atoms with Crippen LogP contribution >= 0.6 is 12.4 Å². The fourth-order valence-electron chi connectivity index (χ4n) is 2.79. The van der Waals surface area contributed by atoms with E-state index in [1.54, 1.807) is 27.3 Å². The highest BCUT2D eigenvalue weighted by Gasteiger charge is 2.16. The summed E-state index contributed by atoms with van der Waals surface area (Å²) in [5.74, 6) is 1.60. The van der Waals surface area contributed by atoms with Crippen LogP contribution in [0.25, 0.3) is 0 Å². The molecule has 152 valence electrons. The van der Waals surface area contributed by atoms with E-state index in [0.29, 0.717) is 30.4 Å². The SMILES string of the molecule is COc1cc(CNC(=O)CCC2CCNC2)ccc1OCC(=O)N(C)C.Cl. The number of likely N-dealkylation sites (N-methyl/N-ethyl adjacent to an activating group) is 1. The first-order chi connectivity index (χ1) is 12.5. The van der Waals surface area contributed by atoms with E-state index in [1.807, 2.05) is 12.1 Å². The van der Waals surface area contributed by atoms with Gasteiger partial charge < -0.3 is 25.0 Å². The molecular weight excluding hydrogens is 370 g/mol. The number of methoxy groups -OCH3 is 1. The molecule has 8 heteroatoms. The number of benzene rings is 1. The van der Waals surface area contributed by atoms with Gasteiger partial charge in [0.15, 0.2) is 18.1 Å². The number of ether oxygens (including phenoxy) is 2. The van der Waals surface area contributed by atoms with E-state index in [4.69, 9.17) is 9.47 Å². The molecule has 0 saturated carbocycles. The molecule has 0 aromatic heterocycles. The Morgan fingerprint density at radius 3 is 2.70 bits per heavy atom. The Morgan fingerprint density at radius 1 is 1.30 bits per heavy atom. The number of rotatable bonds is 9. The van der Waals surface area contributed by atoms with Crippen LogP contribution < -0.4 is 20.1 Å². The molecule has 2 rings (SSSR count). The van der Waals surface area contributed by atoms with Crippen molar-refractivity contribution in [1.29, 1.82) is 0 Å². The van der Waals surface area contributed by atoms with Crippen LogP contribution in [0.4, 0.5) is 0 Å². The summed E-state index contributed by atoms with van der Waals surface area (Å²) in [4.78, 5) is 25.1. The quantitative estimate of drug-likeness (QED) is 0.659. The zero-order valence-corrected chi connectivity index (χ0v) is 17.1. The van der Waals surface area contributed by atoms with Crippen LogP contribution in [0.15, 0.2) is 18.2 Å². The van der Waals surface area contributed by atoms with E-state index in [-0.39, 0.29) is 30.8 Å². The molecule has 1 aromatic carbocycles. The molecule has 0 spiro atoms. The average molecular weight is 400 g/mol. The highest BCUT2D eigenvalue weighted by atomic mass is 35.5. The second-order valence-electron chi connectivity index (χ2n) is 6.74. The van der Waals surface area contributed by atoms with Gasteiger partial charge in [0.25, 0.3) is 5.91 Å². The second kappa shape index (κ2) is 11.7. The van der Waals surface area contributed by atoms with Crippen molar-refractivity contribution in [1.82, 2.24) is 15.5 Å². The summed E-state index contributed by atoms with van der Waals surface area (Å²) >= 11 is 0. The molecule has 0 aliphatic carbocycles. The maximum Gasteiger partial charge on any atom is 0.259 e. The summed E-state index contributed by atoms with van der Waals surface area (Å²) in [5.41, 5.74) is 0.920. The lowest BCUT2D eigenvalue weighted by Crippen LogP contribution is -2.27. The highest BCUT2D eigenvalue weighted by molar-refractivity contribution is 5.85. The summed E-state index contributed by atoms with van der Waals surface area (Å²) in [6.45, 7) is 2.47. The second-order valence-corrected chi connectivity index (χ2v) is 6.74. The van der Waals surface area contributed by atoms with E-state index in [1.165, 1.54) is 4.90 Å². The van der Waals surface area contributed by atoms with E-state index >= 15 is 0 Å². The molecule has 1 unspecified atom stereocenters. The van der Waals surface area contributed by atoms with Crippen molar-refractivity contribution >= 4 is 24.2 Å². The summed E-state index contributed by atoms with van der Waals surface area (Å²) < 4.78 is 10.8. The molecule has 1 aliphatic heterocycles. The molecule has 1 aliphatic rings. The van der Waals surface area contributed by atoms with Crippen LogP contribution in [0, 0.1) is 5.92 Å². The van der Waals surface area contributed by atoms with Crippen LogP contribution in [0.1, 0.15) is 24.8 Å². The Hall–Kier alpha value is -1.99. The number of nitrogens with one attached hydrogen (secondary N) is 2. The summed E-state index contributed by atoms with van der Waals surface area (Å²) in [6.07, 6.45) is 2.63. The van der Waals surface area contributed by atoms with E-state index < -0.39 is 0 Å². The van der Waals surface area contributed by atoms with Crippen molar-refractivity contribution in [2.45, 2.75) is 25.8 Å².